The van der Waals surface area contributed by atoms with Crippen molar-refractivity contribution in [3.63, 3.8) is 0 Å². The van der Waals surface area contributed by atoms with Crippen molar-refractivity contribution in [2.45, 2.75) is 45.7 Å². The molecule has 106 valence electrons. The van der Waals surface area contributed by atoms with E-state index in [2.05, 4.69) is 5.32 Å². The lowest BCUT2D eigenvalue weighted by Crippen LogP contribution is -2.54. The highest BCUT2D eigenvalue weighted by atomic mass is 19.1. The predicted molar refractivity (Wildman–Crippen MR) is 70.5 cm³/mol. The summed E-state index contributed by atoms with van der Waals surface area (Å²) in [5, 5.41) is 2.97. The molecule has 19 heavy (non-hydrogen) atoms. The first-order valence-electron chi connectivity index (χ1n) is 6.26. The number of aryl methyl sites for hydroxylation is 1. The summed E-state index contributed by atoms with van der Waals surface area (Å²) in [6.07, 6.45) is 0.735. The maximum Gasteiger partial charge on any atom is 0.242 e. The van der Waals surface area contributed by atoms with Gasteiger partial charge in [0.1, 0.15) is 17.2 Å². The van der Waals surface area contributed by atoms with Crippen molar-refractivity contribution in [2.24, 2.45) is 5.73 Å². The molecular weight excluding hydrogens is 250 g/mol. The Bertz CT molecular complexity index is 491. The first kappa shape index (κ1) is 15.6. The Hall–Kier alpha value is -1.49. The topological polar surface area (TPSA) is 55.1 Å². The lowest BCUT2D eigenvalue weighted by molar-refractivity contribution is -0.124. The highest BCUT2D eigenvalue weighted by Gasteiger charge is 2.37. The van der Waals surface area contributed by atoms with E-state index in [4.69, 9.17) is 5.73 Å². The number of hydrogen-bond acceptors (Lipinski definition) is 2. The highest BCUT2D eigenvalue weighted by molar-refractivity contribution is 5.85. The molecule has 1 aromatic carbocycles. The molecule has 1 amide bonds. The molecule has 0 fully saturated rings. The summed E-state index contributed by atoms with van der Waals surface area (Å²) in [6.45, 7) is 6.70. The molecule has 0 aliphatic rings. The number of carbonyl (C=O) groups excluding carboxylic acids is 1. The third-order valence-corrected chi connectivity index (χ3v) is 3.43. The Morgan fingerprint density at radius 1 is 1.42 bits per heavy atom. The van der Waals surface area contributed by atoms with Gasteiger partial charge in [-0.3, -0.25) is 10.1 Å². The van der Waals surface area contributed by atoms with Crippen LogP contribution < -0.4 is 11.1 Å². The van der Waals surface area contributed by atoms with Crippen LogP contribution in [0.4, 0.5) is 8.78 Å². The number of primary amides is 1. The normalized spacial score (nSPS) is 15.9. The van der Waals surface area contributed by atoms with Crippen LogP contribution in [-0.4, -0.2) is 11.9 Å². The molecule has 2 unspecified atom stereocenters. The van der Waals surface area contributed by atoms with Crippen molar-refractivity contribution in [1.82, 2.24) is 5.32 Å². The number of carbonyl (C=O) groups is 1. The number of benzene rings is 1. The van der Waals surface area contributed by atoms with Crippen molar-refractivity contribution in [3.05, 3.63) is 34.9 Å². The fourth-order valence-electron chi connectivity index (χ4n) is 1.91. The summed E-state index contributed by atoms with van der Waals surface area (Å²) in [6, 6.07) is 2.05. The third-order valence-electron chi connectivity index (χ3n) is 3.43. The van der Waals surface area contributed by atoms with Crippen molar-refractivity contribution < 1.29 is 13.6 Å². The van der Waals surface area contributed by atoms with Crippen molar-refractivity contribution in [3.8, 4) is 0 Å². The lowest BCUT2D eigenvalue weighted by Gasteiger charge is -2.31. The molecule has 3 N–H and O–H groups in total. The summed E-state index contributed by atoms with van der Waals surface area (Å²) in [4.78, 5) is 11.7. The summed E-state index contributed by atoms with van der Waals surface area (Å²) in [7, 11) is 0. The van der Waals surface area contributed by atoms with Crippen LogP contribution in [0.25, 0.3) is 0 Å². The average molecular weight is 270 g/mol. The van der Waals surface area contributed by atoms with Gasteiger partial charge in [0.2, 0.25) is 5.91 Å². The second-order valence-electron chi connectivity index (χ2n) is 5.02. The fourth-order valence-corrected chi connectivity index (χ4v) is 1.91. The SMILES string of the molecule is CCC(C)NC(C)(C(N)=O)c1cc(F)c(C)cc1F. The molecule has 0 radical (unpaired) electrons. The van der Waals surface area contributed by atoms with E-state index < -0.39 is 23.1 Å². The molecule has 0 spiro atoms. The molecule has 0 aromatic heterocycles. The van der Waals surface area contributed by atoms with Gasteiger partial charge in [-0.1, -0.05) is 6.92 Å². The van der Waals surface area contributed by atoms with Crippen LogP contribution in [0.5, 0.6) is 0 Å². The number of amides is 1. The van der Waals surface area contributed by atoms with Crippen molar-refractivity contribution in [1.29, 1.82) is 0 Å². The molecule has 0 aliphatic carbocycles. The number of rotatable bonds is 5. The van der Waals surface area contributed by atoms with Crippen LogP contribution in [0, 0.1) is 18.6 Å². The van der Waals surface area contributed by atoms with E-state index in [0.717, 1.165) is 18.6 Å². The fraction of sp³-hybridized carbons (Fsp3) is 0.500. The van der Waals surface area contributed by atoms with Crippen LogP contribution in [0.2, 0.25) is 0 Å². The van der Waals surface area contributed by atoms with Crippen LogP contribution in [-0.2, 0) is 10.3 Å². The Morgan fingerprint density at radius 3 is 2.47 bits per heavy atom. The lowest BCUT2D eigenvalue weighted by atomic mass is 9.88. The van der Waals surface area contributed by atoms with E-state index >= 15 is 0 Å². The van der Waals surface area contributed by atoms with E-state index in [-0.39, 0.29) is 17.2 Å². The largest absolute Gasteiger partial charge is 0.368 e. The Morgan fingerprint density at radius 2 is 2.00 bits per heavy atom. The number of hydrogen-bond donors (Lipinski definition) is 2. The van der Waals surface area contributed by atoms with Gasteiger partial charge in [-0.2, -0.15) is 0 Å². The van der Waals surface area contributed by atoms with Crippen LogP contribution in [0.1, 0.15) is 38.3 Å². The van der Waals surface area contributed by atoms with Gasteiger partial charge < -0.3 is 5.73 Å². The second-order valence-corrected chi connectivity index (χ2v) is 5.02. The summed E-state index contributed by atoms with van der Waals surface area (Å²) in [5.74, 6) is -1.94. The Labute approximate surface area is 112 Å². The quantitative estimate of drug-likeness (QED) is 0.863. The van der Waals surface area contributed by atoms with Gasteiger partial charge in [0.15, 0.2) is 0 Å². The second kappa shape index (κ2) is 5.65. The molecule has 1 aromatic rings. The Kier molecular flexibility index (Phi) is 4.63. The van der Waals surface area contributed by atoms with Crippen LogP contribution >= 0.6 is 0 Å². The molecular formula is C14H20F2N2O. The summed E-state index contributed by atoms with van der Waals surface area (Å²) < 4.78 is 27.7. The Balaban J connectivity index is 3.34. The van der Waals surface area contributed by atoms with E-state index in [1.165, 1.54) is 13.8 Å². The minimum atomic E-state index is -1.44. The molecule has 1 rings (SSSR count). The molecule has 0 aliphatic heterocycles. The average Bonchev–Trinajstić information content (AvgIpc) is 2.33. The molecule has 0 heterocycles. The maximum absolute atomic E-state index is 14.0. The van der Waals surface area contributed by atoms with Crippen LogP contribution in [0.15, 0.2) is 12.1 Å². The van der Waals surface area contributed by atoms with Crippen molar-refractivity contribution >= 4 is 5.91 Å². The van der Waals surface area contributed by atoms with E-state index in [0.29, 0.717) is 0 Å². The summed E-state index contributed by atoms with van der Waals surface area (Å²) in [5.41, 5.74) is 4.06. The van der Waals surface area contributed by atoms with Gasteiger partial charge in [-0.15, -0.1) is 0 Å². The standard InChI is InChI=1S/C14H20F2N2O/c1-5-9(3)18-14(4,13(17)19)10-7-11(15)8(2)6-12(10)16/h6-7,9,18H,5H2,1-4H3,(H2,17,19). The third kappa shape index (κ3) is 3.10. The number of nitrogens with one attached hydrogen (secondary N) is 1. The van der Waals surface area contributed by atoms with Gasteiger partial charge in [0.25, 0.3) is 0 Å². The minimum Gasteiger partial charge on any atom is -0.368 e. The molecule has 0 saturated heterocycles. The van der Waals surface area contributed by atoms with Crippen molar-refractivity contribution in [2.75, 3.05) is 0 Å². The monoisotopic (exact) mass is 270 g/mol. The zero-order valence-corrected chi connectivity index (χ0v) is 11.7. The highest BCUT2D eigenvalue weighted by Crippen LogP contribution is 2.26. The smallest absolute Gasteiger partial charge is 0.242 e. The van der Waals surface area contributed by atoms with Gasteiger partial charge in [-0.05, 0) is 44.9 Å². The van der Waals surface area contributed by atoms with E-state index in [1.807, 2.05) is 13.8 Å². The molecule has 3 nitrogen and oxygen atoms in total. The first-order chi connectivity index (χ1) is 8.72. The van der Waals surface area contributed by atoms with E-state index in [9.17, 15) is 13.6 Å². The number of nitrogens with two attached hydrogens (primary N) is 1. The molecule has 0 saturated carbocycles. The van der Waals surface area contributed by atoms with Gasteiger partial charge in [0, 0.05) is 11.6 Å². The maximum atomic E-state index is 14.0. The number of halogens is 2. The zero-order valence-electron chi connectivity index (χ0n) is 11.7. The zero-order chi connectivity index (χ0) is 14.8. The molecule has 2 atom stereocenters. The van der Waals surface area contributed by atoms with Gasteiger partial charge in [-0.25, -0.2) is 8.78 Å². The first-order valence-corrected chi connectivity index (χ1v) is 6.26. The molecule has 5 heteroatoms. The summed E-state index contributed by atoms with van der Waals surface area (Å²) >= 11 is 0. The predicted octanol–water partition coefficient (Wildman–Crippen LogP) is 2.36. The van der Waals surface area contributed by atoms with E-state index in [1.54, 1.807) is 0 Å². The molecule has 0 bridgehead atoms. The van der Waals surface area contributed by atoms with Crippen LogP contribution in [0.3, 0.4) is 0 Å². The minimum absolute atomic E-state index is 0.0544. The van der Waals surface area contributed by atoms with Gasteiger partial charge >= 0.3 is 0 Å². The van der Waals surface area contributed by atoms with Gasteiger partial charge in [0.05, 0.1) is 0 Å².